The fourth-order valence-electron chi connectivity index (χ4n) is 3.52. The number of ether oxygens (including phenoxy) is 1. The van der Waals surface area contributed by atoms with Gasteiger partial charge >= 0.3 is 12.3 Å². The maximum Gasteiger partial charge on any atom is 0.431 e. The lowest BCUT2D eigenvalue weighted by Gasteiger charge is -2.19. The molecule has 0 atom stereocenters. The first-order valence-electron chi connectivity index (χ1n) is 10.5. The van der Waals surface area contributed by atoms with E-state index in [0.29, 0.717) is 21.8 Å². The van der Waals surface area contributed by atoms with Gasteiger partial charge in [-0.25, -0.2) is 14.8 Å². The number of carbonyl (C=O) groups is 1. The summed E-state index contributed by atoms with van der Waals surface area (Å²) in [4.78, 5) is 22.1. The van der Waals surface area contributed by atoms with Crippen LogP contribution in [0.2, 0.25) is 5.02 Å². The van der Waals surface area contributed by atoms with Crippen molar-refractivity contribution in [3.05, 3.63) is 101 Å². The second-order valence-electron chi connectivity index (χ2n) is 7.75. The number of halogens is 4. The molecule has 0 aliphatic heterocycles. The van der Waals surface area contributed by atoms with E-state index in [0.717, 1.165) is 10.6 Å². The molecule has 4 rings (SSSR count). The Morgan fingerprint density at radius 3 is 2.43 bits per heavy atom. The molecular weight excluding hydrogens is 481 g/mol. The number of alkyl halides is 3. The van der Waals surface area contributed by atoms with Crippen LogP contribution >= 0.6 is 11.6 Å². The molecule has 4 aromatic rings. The SMILES string of the molecule is CN(Cc1ccncn1)C(=O)Oc1c(-c2ccc(Cl)cc2)cc(C(F)(F)F)n1Cc1ccccc1. The Labute approximate surface area is 204 Å². The molecule has 2 heterocycles. The zero-order valence-corrected chi connectivity index (χ0v) is 19.3. The maximum atomic E-state index is 14.1. The van der Waals surface area contributed by atoms with Crippen LogP contribution in [0.4, 0.5) is 18.0 Å². The lowest BCUT2D eigenvalue weighted by Crippen LogP contribution is -2.30. The van der Waals surface area contributed by atoms with Crippen molar-refractivity contribution in [2.24, 2.45) is 0 Å². The molecule has 0 saturated heterocycles. The van der Waals surface area contributed by atoms with Crippen LogP contribution in [0.1, 0.15) is 17.0 Å². The van der Waals surface area contributed by atoms with Crippen LogP contribution in [-0.4, -0.2) is 32.6 Å². The van der Waals surface area contributed by atoms with Gasteiger partial charge in [0.05, 0.1) is 18.8 Å². The highest BCUT2D eigenvalue weighted by atomic mass is 35.5. The lowest BCUT2D eigenvalue weighted by atomic mass is 10.1. The standard InChI is InChI=1S/C25H20ClF3N4O2/c1-32(15-20-11-12-30-16-31-20)24(34)35-23-21(18-7-9-19(26)10-8-18)13-22(25(27,28)29)33(23)14-17-5-3-2-4-6-17/h2-13,16H,14-15H2,1H3. The van der Waals surface area contributed by atoms with E-state index in [1.807, 2.05) is 0 Å². The summed E-state index contributed by atoms with van der Waals surface area (Å²) in [6.45, 7) is -0.0648. The first-order chi connectivity index (χ1) is 16.7. The van der Waals surface area contributed by atoms with E-state index in [1.54, 1.807) is 60.7 Å². The van der Waals surface area contributed by atoms with Crippen molar-refractivity contribution in [3.63, 3.8) is 0 Å². The average molecular weight is 501 g/mol. The predicted octanol–water partition coefficient (Wildman–Crippen LogP) is 6.30. The molecule has 0 spiro atoms. The second kappa shape index (κ2) is 10.2. The molecule has 0 unspecified atom stereocenters. The van der Waals surface area contributed by atoms with Gasteiger partial charge in [-0.3, -0.25) is 0 Å². The number of amides is 1. The van der Waals surface area contributed by atoms with Crippen molar-refractivity contribution >= 4 is 17.7 Å². The highest BCUT2D eigenvalue weighted by Crippen LogP contribution is 2.41. The first-order valence-corrected chi connectivity index (χ1v) is 10.9. The van der Waals surface area contributed by atoms with Gasteiger partial charge in [0, 0.05) is 23.8 Å². The van der Waals surface area contributed by atoms with E-state index in [9.17, 15) is 18.0 Å². The van der Waals surface area contributed by atoms with Crippen molar-refractivity contribution < 1.29 is 22.7 Å². The third kappa shape index (κ3) is 5.81. The molecule has 0 aliphatic carbocycles. The predicted molar refractivity (Wildman–Crippen MR) is 125 cm³/mol. The fourth-order valence-corrected chi connectivity index (χ4v) is 3.64. The van der Waals surface area contributed by atoms with E-state index in [-0.39, 0.29) is 24.5 Å². The highest BCUT2D eigenvalue weighted by Gasteiger charge is 2.38. The monoisotopic (exact) mass is 500 g/mol. The Kier molecular flexibility index (Phi) is 7.07. The number of aromatic nitrogens is 3. The van der Waals surface area contributed by atoms with Gasteiger partial charge in [0.1, 0.15) is 12.0 Å². The molecule has 6 nitrogen and oxygen atoms in total. The molecule has 10 heteroatoms. The smallest absolute Gasteiger partial charge is 0.392 e. The maximum absolute atomic E-state index is 14.1. The molecule has 180 valence electrons. The molecule has 0 bridgehead atoms. The first kappa shape index (κ1) is 24.3. The Bertz CT molecular complexity index is 1290. The van der Waals surface area contributed by atoms with Crippen molar-refractivity contribution in [3.8, 4) is 17.0 Å². The molecule has 0 aliphatic rings. The summed E-state index contributed by atoms with van der Waals surface area (Å²) >= 11 is 5.97. The van der Waals surface area contributed by atoms with Crippen LogP contribution in [-0.2, 0) is 19.3 Å². The van der Waals surface area contributed by atoms with Crippen LogP contribution in [0.5, 0.6) is 5.88 Å². The van der Waals surface area contributed by atoms with Crippen LogP contribution in [0.15, 0.2) is 79.3 Å². The Balaban J connectivity index is 1.77. The number of hydrogen-bond acceptors (Lipinski definition) is 4. The van der Waals surface area contributed by atoms with E-state index in [4.69, 9.17) is 16.3 Å². The van der Waals surface area contributed by atoms with E-state index in [1.165, 1.54) is 24.5 Å². The molecule has 0 N–H and O–H groups in total. The van der Waals surface area contributed by atoms with E-state index in [2.05, 4.69) is 9.97 Å². The minimum Gasteiger partial charge on any atom is -0.392 e. The van der Waals surface area contributed by atoms with Crippen molar-refractivity contribution in [1.29, 1.82) is 0 Å². The van der Waals surface area contributed by atoms with Gasteiger partial charge in [0.2, 0.25) is 5.88 Å². The van der Waals surface area contributed by atoms with Crippen LogP contribution in [0.3, 0.4) is 0 Å². The van der Waals surface area contributed by atoms with Crippen molar-refractivity contribution in [2.75, 3.05) is 7.05 Å². The van der Waals surface area contributed by atoms with Crippen LogP contribution < -0.4 is 4.74 Å². The quantitative estimate of drug-likeness (QED) is 0.312. The van der Waals surface area contributed by atoms with Gasteiger partial charge < -0.3 is 14.2 Å². The number of benzene rings is 2. The van der Waals surface area contributed by atoms with Gasteiger partial charge in [-0.15, -0.1) is 0 Å². The topological polar surface area (TPSA) is 60.3 Å². The Morgan fingerprint density at radius 2 is 1.80 bits per heavy atom. The third-order valence-corrected chi connectivity index (χ3v) is 5.47. The molecular formula is C25H20ClF3N4O2. The van der Waals surface area contributed by atoms with E-state index < -0.39 is 18.0 Å². The van der Waals surface area contributed by atoms with Gasteiger partial charge in [-0.05, 0) is 35.4 Å². The normalized spacial score (nSPS) is 11.3. The Morgan fingerprint density at radius 1 is 1.09 bits per heavy atom. The number of carbonyl (C=O) groups excluding carboxylic acids is 1. The van der Waals surface area contributed by atoms with Gasteiger partial charge in [-0.2, -0.15) is 13.2 Å². The lowest BCUT2D eigenvalue weighted by molar-refractivity contribution is -0.143. The number of rotatable bonds is 6. The summed E-state index contributed by atoms with van der Waals surface area (Å²) in [5, 5.41) is 0.427. The van der Waals surface area contributed by atoms with Crippen molar-refractivity contribution in [2.45, 2.75) is 19.3 Å². The molecule has 1 amide bonds. The zero-order valence-electron chi connectivity index (χ0n) is 18.5. The van der Waals surface area contributed by atoms with Crippen molar-refractivity contribution in [1.82, 2.24) is 19.4 Å². The van der Waals surface area contributed by atoms with Gasteiger partial charge in [-0.1, -0.05) is 54.1 Å². The summed E-state index contributed by atoms with van der Waals surface area (Å²) in [6, 6.07) is 17.5. The fraction of sp³-hybridized carbons (Fsp3) is 0.160. The Hall–Kier alpha value is -3.85. The molecule has 35 heavy (non-hydrogen) atoms. The summed E-state index contributed by atoms with van der Waals surface area (Å²) < 4.78 is 48.9. The van der Waals surface area contributed by atoms with Crippen LogP contribution in [0, 0.1) is 0 Å². The third-order valence-electron chi connectivity index (χ3n) is 5.21. The van der Waals surface area contributed by atoms with Crippen LogP contribution in [0.25, 0.3) is 11.1 Å². The molecule has 0 saturated carbocycles. The highest BCUT2D eigenvalue weighted by molar-refractivity contribution is 6.30. The summed E-state index contributed by atoms with van der Waals surface area (Å²) in [5.41, 5.74) is 0.769. The summed E-state index contributed by atoms with van der Waals surface area (Å²) in [5.74, 6) is -0.219. The zero-order chi connectivity index (χ0) is 25.0. The number of hydrogen-bond donors (Lipinski definition) is 0. The average Bonchev–Trinajstić information content (AvgIpc) is 3.19. The second-order valence-corrected chi connectivity index (χ2v) is 8.19. The van der Waals surface area contributed by atoms with Gasteiger partial charge in [0.25, 0.3) is 0 Å². The largest absolute Gasteiger partial charge is 0.431 e. The minimum atomic E-state index is -4.69. The van der Waals surface area contributed by atoms with E-state index >= 15 is 0 Å². The molecule has 2 aromatic carbocycles. The molecule has 0 fully saturated rings. The molecule has 0 radical (unpaired) electrons. The summed E-state index contributed by atoms with van der Waals surface area (Å²) in [7, 11) is 1.47. The minimum absolute atomic E-state index is 0.0865. The molecule has 2 aromatic heterocycles. The number of nitrogens with zero attached hydrogens (tertiary/aromatic N) is 4. The van der Waals surface area contributed by atoms with Gasteiger partial charge in [0.15, 0.2) is 0 Å². The summed E-state index contributed by atoms with van der Waals surface area (Å²) in [6.07, 6.45) is -2.65.